The van der Waals surface area contributed by atoms with Crippen LogP contribution in [0.4, 0.5) is 11.4 Å². The average molecular weight is 475 g/mol. The van der Waals surface area contributed by atoms with Crippen LogP contribution < -0.4 is 14.9 Å². The van der Waals surface area contributed by atoms with Gasteiger partial charge in [0.05, 0.1) is 40.9 Å². The Morgan fingerprint density at radius 2 is 1.80 bits per heavy atom. The zero-order valence-corrected chi connectivity index (χ0v) is 18.5. The van der Waals surface area contributed by atoms with Crippen molar-refractivity contribution >= 4 is 56.4 Å². The van der Waals surface area contributed by atoms with E-state index in [0.717, 1.165) is 6.26 Å². The zero-order chi connectivity index (χ0) is 22.1. The molecule has 9 nitrogen and oxygen atoms in total. The average Bonchev–Trinajstić information content (AvgIpc) is 2.95. The Hall–Kier alpha value is -2.27. The summed E-state index contributed by atoms with van der Waals surface area (Å²) >= 11 is 12.2. The molecule has 162 valence electrons. The van der Waals surface area contributed by atoms with Gasteiger partial charge in [-0.05, 0) is 25.1 Å². The van der Waals surface area contributed by atoms with Crippen LogP contribution in [0.25, 0.3) is 0 Å². The molecule has 0 unspecified atom stereocenters. The number of hydrogen-bond donors (Lipinski definition) is 3. The number of aromatic amines is 1. The quantitative estimate of drug-likeness (QED) is 0.611. The first-order chi connectivity index (χ1) is 14.1. The second-order valence-electron chi connectivity index (χ2n) is 6.74. The maximum absolute atomic E-state index is 12.8. The van der Waals surface area contributed by atoms with Gasteiger partial charge in [-0.2, -0.15) is 0 Å². The van der Waals surface area contributed by atoms with E-state index in [-0.39, 0.29) is 21.3 Å². The lowest BCUT2D eigenvalue weighted by atomic mass is 10.1. The molecule has 1 aromatic heterocycles. The molecule has 0 radical (unpaired) electrons. The number of ether oxygens (including phenoxy) is 1. The fourth-order valence-electron chi connectivity index (χ4n) is 2.98. The standard InChI is InChI=1S/C18H20Cl2N4O5S/c1-10-14(19)15(20)16(21-10)18(26)22-12-4-3-11(17(25)23-30(2,27)28)9-13(12)24-5-7-29-8-6-24/h3-4,9,21H,5-8H2,1-2H3,(H,22,26)(H,23,25). The van der Waals surface area contributed by atoms with Gasteiger partial charge >= 0.3 is 0 Å². The van der Waals surface area contributed by atoms with Crippen LogP contribution in [0, 0.1) is 6.92 Å². The summed E-state index contributed by atoms with van der Waals surface area (Å²) in [5.74, 6) is -1.27. The monoisotopic (exact) mass is 474 g/mol. The molecule has 0 aliphatic carbocycles. The van der Waals surface area contributed by atoms with Crippen LogP contribution in [0.5, 0.6) is 0 Å². The van der Waals surface area contributed by atoms with E-state index in [1.807, 2.05) is 9.62 Å². The van der Waals surface area contributed by atoms with Crippen molar-refractivity contribution in [3.63, 3.8) is 0 Å². The Balaban J connectivity index is 1.95. The van der Waals surface area contributed by atoms with Crippen molar-refractivity contribution in [3.8, 4) is 0 Å². The second kappa shape index (κ2) is 8.84. The predicted octanol–water partition coefficient (Wildman–Crippen LogP) is 2.41. The van der Waals surface area contributed by atoms with Gasteiger partial charge in [0.15, 0.2) is 0 Å². The van der Waals surface area contributed by atoms with Gasteiger partial charge in [-0.25, -0.2) is 13.1 Å². The normalized spacial score (nSPS) is 14.5. The number of amides is 2. The number of carbonyl (C=O) groups excluding carboxylic acids is 2. The van der Waals surface area contributed by atoms with E-state index in [1.54, 1.807) is 6.92 Å². The molecule has 2 heterocycles. The minimum atomic E-state index is -3.72. The molecule has 2 aromatic rings. The summed E-state index contributed by atoms with van der Waals surface area (Å²) in [7, 11) is -3.72. The summed E-state index contributed by atoms with van der Waals surface area (Å²) in [6.07, 6.45) is 0.898. The molecule has 1 aliphatic rings. The fourth-order valence-corrected chi connectivity index (χ4v) is 3.86. The molecule has 0 atom stereocenters. The number of H-pyrrole nitrogens is 1. The van der Waals surface area contributed by atoms with Crippen molar-refractivity contribution in [2.45, 2.75) is 6.92 Å². The van der Waals surface area contributed by atoms with Gasteiger partial charge in [0.1, 0.15) is 5.69 Å². The molecule has 2 amide bonds. The minimum Gasteiger partial charge on any atom is -0.378 e. The molecular weight excluding hydrogens is 455 g/mol. The van der Waals surface area contributed by atoms with E-state index < -0.39 is 21.8 Å². The molecule has 12 heteroatoms. The molecule has 1 saturated heterocycles. The molecule has 0 spiro atoms. The summed E-state index contributed by atoms with van der Waals surface area (Å²) in [5.41, 5.74) is 1.80. The molecule has 0 saturated carbocycles. The Morgan fingerprint density at radius 3 is 2.37 bits per heavy atom. The second-order valence-corrected chi connectivity index (χ2v) is 9.25. The maximum Gasteiger partial charge on any atom is 0.273 e. The van der Waals surface area contributed by atoms with Crippen molar-refractivity contribution in [3.05, 3.63) is 45.2 Å². The van der Waals surface area contributed by atoms with Gasteiger partial charge in [0.25, 0.3) is 11.8 Å². The number of hydrogen-bond acceptors (Lipinski definition) is 6. The molecule has 1 aromatic carbocycles. The molecule has 1 fully saturated rings. The number of halogens is 2. The largest absolute Gasteiger partial charge is 0.378 e. The van der Waals surface area contributed by atoms with Crippen LogP contribution in [0.2, 0.25) is 10.0 Å². The van der Waals surface area contributed by atoms with E-state index in [9.17, 15) is 18.0 Å². The summed E-state index contributed by atoms with van der Waals surface area (Å²) in [6, 6.07) is 4.48. The van der Waals surface area contributed by atoms with E-state index in [1.165, 1.54) is 18.2 Å². The van der Waals surface area contributed by atoms with Crippen molar-refractivity contribution < 1.29 is 22.7 Å². The Labute approximate surface area is 183 Å². The first-order valence-corrected chi connectivity index (χ1v) is 11.6. The van der Waals surface area contributed by atoms with E-state index in [4.69, 9.17) is 27.9 Å². The van der Waals surface area contributed by atoms with Gasteiger partial charge < -0.3 is 19.9 Å². The maximum atomic E-state index is 12.8. The fraction of sp³-hybridized carbons (Fsp3) is 0.333. The van der Waals surface area contributed by atoms with Crippen LogP contribution >= 0.6 is 23.2 Å². The van der Waals surface area contributed by atoms with Crippen LogP contribution in [-0.4, -0.2) is 57.8 Å². The van der Waals surface area contributed by atoms with Crippen molar-refractivity contribution in [2.24, 2.45) is 0 Å². The number of morpholine rings is 1. The first kappa shape index (κ1) is 22.4. The Morgan fingerprint density at radius 1 is 1.13 bits per heavy atom. The molecule has 1 aliphatic heterocycles. The SMILES string of the molecule is Cc1[nH]c(C(=O)Nc2ccc(C(=O)NS(C)(=O)=O)cc2N2CCOCC2)c(Cl)c1Cl. The first-order valence-electron chi connectivity index (χ1n) is 8.90. The number of carbonyl (C=O) groups is 2. The number of benzene rings is 1. The number of aryl methyl sites for hydroxylation is 1. The smallest absolute Gasteiger partial charge is 0.273 e. The number of anilines is 2. The highest BCUT2D eigenvalue weighted by Crippen LogP contribution is 2.32. The topological polar surface area (TPSA) is 121 Å². The molecular formula is C18H20Cl2N4O5S. The third kappa shape index (κ3) is 5.07. The number of nitrogens with zero attached hydrogens (tertiary/aromatic N) is 1. The molecule has 3 rings (SSSR count). The predicted molar refractivity (Wildman–Crippen MR) is 115 cm³/mol. The number of aromatic nitrogens is 1. The van der Waals surface area contributed by atoms with Crippen molar-refractivity contribution in [1.29, 1.82) is 0 Å². The molecule has 30 heavy (non-hydrogen) atoms. The lowest BCUT2D eigenvalue weighted by Crippen LogP contribution is -2.37. The number of sulfonamides is 1. The Kier molecular flexibility index (Phi) is 6.61. The van der Waals surface area contributed by atoms with Gasteiger partial charge in [-0.3, -0.25) is 9.59 Å². The van der Waals surface area contributed by atoms with Gasteiger partial charge in [0, 0.05) is 24.3 Å². The van der Waals surface area contributed by atoms with Crippen LogP contribution in [-0.2, 0) is 14.8 Å². The third-order valence-electron chi connectivity index (χ3n) is 4.42. The van der Waals surface area contributed by atoms with E-state index in [2.05, 4.69) is 10.3 Å². The third-order valence-corrected chi connectivity index (χ3v) is 5.92. The highest BCUT2D eigenvalue weighted by Gasteiger charge is 2.22. The van der Waals surface area contributed by atoms with Crippen molar-refractivity contribution in [2.75, 3.05) is 42.8 Å². The summed E-state index contributed by atoms with van der Waals surface area (Å²) in [5, 5.41) is 3.16. The van der Waals surface area contributed by atoms with Crippen LogP contribution in [0.15, 0.2) is 18.2 Å². The van der Waals surface area contributed by atoms with E-state index in [0.29, 0.717) is 43.4 Å². The van der Waals surface area contributed by atoms with Gasteiger partial charge in [0.2, 0.25) is 10.0 Å². The lowest BCUT2D eigenvalue weighted by molar-refractivity contribution is 0.0980. The highest BCUT2D eigenvalue weighted by atomic mass is 35.5. The molecule has 0 bridgehead atoms. The summed E-state index contributed by atoms with van der Waals surface area (Å²) in [4.78, 5) is 29.8. The van der Waals surface area contributed by atoms with Crippen molar-refractivity contribution in [1.82, 2.24) is 9.71 Å². The summed E-state index contributed by atoms with van der Waals surface area (Å²) < 4.78 is 30.1. The summed E-state index contributed by atoms with van der Waals surface area (Å²) in [6.45, 7) is 3.72. The number of nitrogens with one attached hydrogen (secondary N) is 3. The molecule has 3 N–H and O–H groups in total. The minimum absolute atomic E-state index is 0.115. The van der Waals surface area contributed by atoms with Gasteiger partial charge in [-0.1, -0.05) is 23.2 Å². The highest BCUT2D eigenvalue weighted by molar-refractivity contribution is 7.89. The Bertz CT molecular complexity index is 1090. The van der Waals surface area contributed by atoms with Gasteiger partial charge in [-0.15, -0.1) is 0 Å². The number of rotatable bonds is 5. The van der Waals surface area contributed by atoms with Crippen LogP contribution in [0.3, 0.4) is 0 Å². The zero-order valence-electron chi connectivity index (χ0n) is 16.2. The van der Waals surface area contributed by atoms with Crippen LogP contribution in [0.1, 0.15) is 26.5 Å². The lowest BCUT2D eigenvalue weighted by Gasteiger charge is -2.31. The van der Waals surface area contributed by atoms with E-state index >= 15 is 0 Å².